The molecule has 1 spiro atoms. The van der Waals surface area contributed by atoms with Crippen LogP contribution < -0.4 is 10.2 Å². The Hall–Kier alpha value is -3.28. The maximum atomic E-state index is 9.38. The van der Waals surface area contributed by atoms with Crippen LogP contribution in [-0.4, -0.2) is 64.5 Å². The Labute approximate surface area is 193 Å². The van der Waals surface area contributed by atoms with E-state index in [4.69, 9.17) is 10.1 Å². The lowest BCUT2D eigenvalue weighted by Crippen LogP contribution is -2.72. The molecule has 0 radical (unpaired) electrons. The van der Waals surface area contributed by atoms with Gasteiger partial charge in [-0.15, -0.1) is 5.10 Å². The van der Waals surface area contributed by atoms with E-state index in [0.29, 0.717) is 11.0 Å². The fourth-order valence-corrected chi connectivity index (χ4v) is 5.29. The van der Waals surface area contributed by atoms with Crippen molar-refractivity contribution < 1.29 is 5.11 Å². The molecule has 2 N–H and O–H groups in total. The Morgan fingerprint density at radius 1 is 1.18 bits per heavy atom. The predicted octanol–water partition coefficient (Wildman–Crippen LogP) is 2.80. The first-order valence-electron chi connectivity index (χ1n) is 11.4. The third-order valence-corrected chi connectivity index (χ3v) is 7.06. The number of fused-ring (bicyclic) bond motifs is 1. The topological polar surface area (TPSA) is 101 Å². The van der Waals surface area contributed by atoms with Gasteiger partial charge in [0, 0.05) is 55.1 Å². The lowest BCUT2D eigenvalue weighted by Gasteiger charge is -2.60. The fourth-order valence-electron chi connectivity index (χ4n) is 5.29. The Morgan fingerprint density at radius 2 is 1.97 bits per heavy atom. The van der Waals surface area contributed by atoms with Gasteiger partial charge in [0.2, 0.25) is 0 Å². The fraction of sp³-hybridized carbons (Fsp3) is 0.440. The summed E-state index contributed by atoms with van der Waals surface area (Å²) in [7, 11) is 0. The SMILES string of the molecule is Cc1c(C#N)cccc1[C@@H](C)Nc1nnc(C)c2cnc(N3CC4(CN(CCO)C4)C3)cc12. The summed E-state index contributed by atoms with van der Waals surface area (Å²) < 4.78 is 0. The van der Waals surface area contributed by atoms with Gasteiger partial charge < -0.3 is 15.3 Å². The van der Waals surface area contributed by atoms with Gasteiger partial charge in [0.15, 0.2) is 5.82 Å². The standard InChI is InChI=1S/C25H29N7O/c1-16-19(10-26)5-4-6-20(16)17(2)28-24-21-9-23(27-11-22(21)18(3)29-30-24)32-14-25(15-32)12-31(13-25)7-8-33/h4-6,9,11,17,33H,7-8,12-15H2,1-3H3,(H,28,30)/t17-/m1/s1. The number of hydrogen-bond donors (Lipinski definition) is 2. The van der Waals surface area contributed by atoms with Crippen molar-refractivity contribution in [2.24, 2.45) is 5.41 Å². The summed E-state index contributed by atoms with van der Waals surface area (Å²) in [6, 6.07) is 10.2. The molecule has 8 heteroatoms. The average Bonchev–Trinajstić information content (AvgIpc) is 2.76. The molecule has 2 fully saturated rings. The highest BCUT2D eigenvalue weighted by molar-refractivity contribution is 5.94. The van der Waals surface area contributed by atoms with Crippen LogP contribution in [0.5, 0.6) is 0 Å². The molecule has 0 amide bonds. The van der Waals surface area contributed by atoms with Gasteiger partial charge in [-0.05, 0) is 44.0 Å². The van der Waals surface area contributed by atoms with Crippen molar-refractivity contribution in [3.63, 3.8) is 0 Å². The molecule has 2 aliphatic heterocycles. The molecule has 1 aromatic carbocycles. The summed E-state index contributed by atoms with van der Waals surface area (Å²) in [5.74, 6) is 1.68. The van der Waals surface area contributed by atoms with Gasteiger partial charge in [-0.1, -0.05) is 12.1 Å². The van der Waals surface area contributed by atoms with Gasteiger partial charge in [0.05, 0.1) is 30.0 Å². The zero-order valence-electron chi connectivity index (χ0n) is 19.3. The molecule has 4 heterocycles. The molecule has 0 unspecified atom stereocenters. The van der Waals surface area contributed by atoms with Crippen LogP contribution in [-0.2, 0) is 0 Å². The number of aromatic nitrogens is 3. The van der Waals surface area contributed by atoms with Gasteiger partial charge in [-0.3, -0.25) is 4.90 Å². The van der Waals surface area contributed by atoms with E-state index in [1.165, 1.54) is 0 Å². The molecule has 0 saturated carbocycles. The summed E-state index contributed by atoms with van der Waals surface area (Å²) in [5.41, 5.74) is 3.93. The van der Waals surface area contributed by atoms with E-state index < -0.39 is 0 Å². The highest BCUT2D eigenvalue weighted by Gasteiger charge is 2.51. The summed E-state index contributed by atoms with van der Waals surface area (Å²) in [5, 5.41) is 32.8. The molecule has 0 bridgehead atoms. The summed E-state index contributed by atoms with van der Waals surface area (Å²) >= 11 is 0. The highest BCUT2D eigenvalue weighted by Crippen LogP contribution is 2.42. The number of benzene rings is 1. The van der Waals surface area contributed by atoms with Crippen molar-refractivity contribution in [2.45, 2.75) is 26.8 Å². The van der Waals surface area contributed by atoms with Crippen LogP contribution in [0.25, 0.3) is 10.8 Å². The van der Waals surface area contributed by atoms with E-state index >= 15 is 0 Å². The van der Waals surface area contributed by atoms with Crippen LogP contribution in [0.3, 0.4) is 0 Å². The van der Waals surface area contributed by atoms with Gasteiger partial charge in [-0.2, -0.15) is 10.4 Å². The van der Waals surface area contributed by atoms with Crippen molar-refractivity contribution in [3.8, 4) is 6.07 Å². The van der Waals surface area contributed by atoms with Crippen LogP contribution in [0.1, 0.15) is 35.3 Å². The lowest BCUT2D eigenvalue weighted by molar-refractivity contribution is -0.0295. The van der Waals surface area contributed by atoms with Crippen molar-refractivity contribution in [1.29, 1.82) is 5.26 Å². The molecule has 2 aromatic heterocycles. The average molecular weight is 444 g/mol. The number of hydrogen-bond acceptors (Lipinski definition) is 8. The van der Waals surface area contributed by atoms with E-state index in [1.807, 2.05) is 38.2 Å². The van der Waals surface area contributed by atoms with Gasteiger partial charge in [0.25, 0.3) is 0 Å². The highest BCUT2D eigenvalue weighted by atomic mass is 16.3. The van der Waals surface area contributed by atoms with E-state index in [0.717, 1.165) is 72.0 Å². The van der Waals surface area contributed by atoms with E-state index in [2.05, 4.69) is 44.4 Å². The summed E-state index contributed by atoms with van der Waals surface area (Å²) in [6.07, 6.45) is 1.90. The third kappa shape index (κ3) is 3.77. The molecule has 2 saturated heterocycles. The minimum atomic E-state index is -0.0325. The number of β-amino-alcohol motifs (C(OH)–C–C–N with tert-alkyl or cyclic N) is 1. The quantitative estimate of drug-likeness (QED) is 0.600. The number of anilines is 2. The Bertz CT molecular complexity index is 1240. The minimum absolute atomic E-state index is 0.0325. The van der Waals surface area contributed by atoms with Crippen molar-refractivity contribution >= 4 is 22.4 Å². The molecule has 33 heavy (non-hydrogen) atoms. The third-order valence-electron chi connectivity index (χ3n) is 7.06. The first-order valence-corrected chi connectivity index (χ1v) is 11.4. The largest absolute Gasteiger partial charge is 0.395 e. The Balaban J connectivity index is 1.39. The number of pyridine rings is 1. The molecule has 0 aliphatic carbocycles. The van der Waals surface area contributed by atoms with Gasteiger partial charge >= 0.3 is 0 Å². The van der Waals surface area contributed by atoms with Gasteiger partial charge in [0.1, 0.15) is 5.82 Å². The van der Waals surface area contributed by atoms with E-state index in [9.17, 15) is 5.26 Å². The number of nitrogens with one attached hydrogen (secondary N) is 1. The maximum Gasteiger partial charge on any atom is 0.157 e. The molecular formula is C25H29N7O. The van der Waals surface area contributed by atoms with Crippen LogP contribution in [0.2, 0.25) is 0 Å². The monoisotopic (exact) mass is 443 g/mol. The second-order valence-electron chi connectivity index (χ2n) is 9.51. The number of nitrogens with zero attached hydrogens (tertiary/aromatic N) is 6. The van der Waals surface area contributed by atoms with Crippen molar-refractivity contribution in [2.75, 3.05) is 49.5 Å². The number of aliphatic hydroxyl groups is 1. The zero-order chi connectivity index (χ0) is 23.2. The smallest absolute Gasteiger partial charge is 0.157 e. The molecule has 5 rings (SSSR count). The van der Waals surface area contributed by atoms with E-state index in [1.54, 1.807) is 0 Å². The normalized spacial score (nSPS) is 18.0. The second kappa shape index (κ2) is 8.25. The second-order valence-corrected chi connectivity index (χ2v) is 9.51. The van der Waals surface area contributed by atoms with Crippen LogP contribution in [0, 0.1) is 30.6 Å². The maximum absolute atomic E-state index is 9.38. The van der Waals surface area contributed by atoms with Crippen LogP contribution >= 0.6 is 0 Å². The summed E-state index contributed by atoms with van der Waals surface area (Å²) in [6.45, 7) is 11.1. The van der Waals surface area contributed by atoms with Crippen LogP contribution in [0.15, 0.2) is 30.5 Å². The van der Waals surface area contributed by atoms with E-state index in [-0.39, 0.29) is 12.6 Å². The Kier molecular flexibility index (Phi) is 5.39. The number of likely N-dealkylation sites (tertiary alicyclic amines) is 1. The zero-order valence-corrected chi connectivity index (χ0v) is 19.3. The van der Waals surface area contributed by atoms with Gasteiger partial charge in [-0.25, -0.2) is 4.98 Å². The number of nitriles is 1. The lowest BCUT2D eigenvalue weighted by atomic mass is 9.73. The minimum Gasteiger partial charge on any atom is -0.395 e. The summed E-state index contributed by atoms with van der Waals surface area (Å²) in [4.78, 5) is 9.35. The molecule has 1 atom stereocenters. The number of aliphatic hydroxyl groups excluding tert-OH is 1. The molecule has 3 aromatic rings. The van der Waals surface area contributed by atoms with Crippen LogP contribution in [0.4, 0.5) is 11.6 Å². The molecule has 8 nitrogen and oxygen atoms in total. The predicted molar refractivity (Wildman–Crippen MR) is 128 cm³/mol. The Morgan fingerprint density at radius 3 is 2.70 bits per heavy atom. The first-order chi connectivity index (χ1) is 15.9. The van der Waals surface area contributed by atoms with Crippen molar-refractivity contribution in [1.82, 2.24) is 20.1 Å². The molecule has 170 valence electrons. The molecule has 2 aliphatic rings. The first kappa shape index (κ1) is 21.6. The number of rotatable bonds is 6. The van der Waals surface area contributed by atoms with Crippen molar-refractivity contribution in [3.05, 3.63) is 52.8 Å². The number of aryl methyl sites for hydroxylation is 1. The molecular weight excluding hydrogens is 414 g/mol.